The molecular weight excluding hydrogens is 308 g/mol. The van der Waals surface area contributed by atoms with Gasteiger partial charge >= 0.3 is 0 Å². The molecule has 0 saturated carbocycles. The SMILES string of the molecule is Cc1ccc2c(c1)Oc1ccccc1C(c1c[nH]c3ccccc13)N2. The first-order valence-corrected chi connectivity index (χ1v) is 8.49. The Morgan fingerprint density at radius 3 is 2.64 bits per heavy atom. The van der Waals surface area contributed by atoms with Gasteiger partial charge in [-0.25, -0.2) is 0 Å². The monoisotopic (exact) mass is 326 g/mol. The topological polar surface area (TPSA) is 37.0 Å². The number of anilines is 1. The molecule has 3 heteroatoms. The first kappa shape index (κ1) is 14.2. The van der Waals surface area contributed by atoms with Gasteiger partial charge in [0, 0.05) is 28.2 Å². The van der Waals surface area contributed by atoms with Gasteiger partial charge in [-0.05, 0) is 36.8 Å². The van der Waals surface area contributed by atoms with Gasteiger partial charge in [-0.15, -0.1) is 0 Å². The molecule has 122 valence electrons. The number of benzene rings is 3. The zero-order chi connectivity index (χ0) is 16.8. The summed E-state index contributed by atoms with van der Waals surface area (Å²) in [5.41, 5.74) is 5.70. The number of H-pyrrole nitrogens is 1. The highest BCUT2D eigenvalue weighted by molar-refractivity contribution is 5.85. The normalized spacial score (nSPS) is 15.6. The summed E-state index contributed by atoms with van der Waals surface area (Å²) in [5, 5.41) is 4.92. The number of aryl methyl sites for hydroxylation is 1. The summed E-state index contributed by atoms with van der Waals surface area (Å²) in [6.07, 6.45) is 2.10. The maximum Gasteiger partial charge on any atom is 0.150 e. The van der Waals surface area contributed by atoms with E-state index in [0.717, 1.165) is 28.3 Å². The molecule has 1 aliphatic heterocycles. The quantitative estimate of drug-likeness (QED) is 0.465. The smallest absolute Gasteiger partial charge is 0.150 e. The lowest BCUT2D eigenvalue weighted by Crippen LogP contribution is -2.10. The van der Waals surface area contributed by atoms with Crippen LogP contribution < -0.4 is 10.1 Å². The zero-order valence-corrected chi connectivity index (χ0v) is 13.9. The number of aromatic nitrogens is 1. The highest BCUT2D eigenvalue weighted by Gasteiger charge is 2.25. The van der Waals surface area contributed by atoms with E-state index >= 15 is 0 Å². The minimum atomic E-state index is 0.0244. The van der Waals surface area contributed by atoms with Gasteiger partial charge in [-0.2, -0.15) is 0 Å². The molecule has 1 aromatic heterocycles. The van der Waals surface area contributed by atoms with E-state index in [1.165, 1.54) is 16.5 Å². The summed E-state index contributed by atoms with van der Waals surface area (Å²) in [7, 11) is 0. The molecule has 0 spiro atoms. The van der Waals surface area contributed by atoms with Crippen molar-refractivity contribution in [2.24, 2.45) is 0 Å². The Morgan fingerprint density at radius 2 is 1.68 bits per heavy atom. The zero-order valence-electron chi connectivity index (χ0n) is 13.9. The molecule has 5 rings (SSSR count). The van der Waals surface area contributed by atoms with Gasteiger partial charge < -0.3 is 15.0 Å². The fraction of sp³-hybridized carbons (Fsp3) is 0.0909. The third kappa shape index (κ3) is 2.28. The number of fused-ring (bicyclic) bond motifs is 3. The highest BCUT2D eigenvalue weighted by Crippen LogP contribution is 2.43. The number of rotatable bonds is 1. The molecule has 3 aromatic carbocycles. The second-order valence-corrected chi connectivity index (χ2v) is 6.51. The Kier molecular flexibility index (Phi) is 3.07. The number of aromatic amines is 1. The van der Waals surface area contributed by atoms with Crippen LogP contribution in [0, 0.1) is 6.92 Å². The predicted molar refractivity (Wildman–Crippen MR) is 101 cm³/mol. The third-order valence-corrected chi connectivity index (χ3v) is 4.82. The number of nitrogens with one attached hydrogen (secondary N) is 2. The standard InChI is InChI=1S/C22H18N2O/c1-14-10-11-19-21(12-14)25-20-9-5-3-7-16(20)22(24-19)17-13-23-18-8-4-2-6-15(17)18/h2-13,22-24H,1H3. The first-order chi connectivity index (χ1) is 12.3. The van der Waals surface area contributed by atoms with Crippen LogP contribution in [0.15, 0.2) is 72.9 Å². The Hall–Kier alpha value is -3.20. The van der Waals surface area contributed by atoms with E-state index in [9.17, 15) is 0 Å². The van der Waals surface area contributed by atoms with Crippen LogP contribution >= 0.6 is 0 Å². The Morgan fingerprint density at radius 1 is 0.840 bits per heavy atom. The first-order valence-electron chi connectivity index (χ1n) is 8.49. The van der Waals surface area contributed by atoms with Crippen molar-refractivity contribution in [3.63, 3.8) is 0 Å². The minimum Gasteiger partial charge on any atom is -0.455 e. The molecule has 0 fully saturated rings. The number of hydrogen-bond acceptors (Lipinski definition) is 2. The molecule has 2 N–H and O–H groups in total. The molecule has 4 aromatic rings. The maximum absolute atomic E-state index is 6.25. The van der Waals surface area contributed by atoms with Crippen LogP contribution in [0.1, 0.15) is 22.7 Å². The Bertz CT molecular complexity index is 1080. The molecule has 1 atom stereocenters. The summed E-state index contributed by atoms with van der Waals surface area (Å²) in [4.78, 5) is 3.39. The fourth-order valence-corrected chi connectivity index (χ4v) is 3.57. The molecule has 1 unspecified atom stereocenters. The van der Waals surface area contributed by atoms with Gasteiger partial charge in [0.05, 0.1) is 11.7 Å². The summed E-state index contributed by atoms with van der Waals surface area (Å²) < 4.78 is 6.25. The molecule has 0 amide bonds. The summed E-state index contributed by atoms with van der Waals surface area (Å²) >= 11 is 0. The van der Waals surface area contributed by atoms with Gasteiger partial charge in [-0.1, -0.05) is 42.5 Å². The third-order valence-electron chi connectivity index (χ3n) is 4.82. The van der Waals surface area contributed by atoms with Crippen molar-refractivity contribution < 1.29 is 4.74 Å². The van der Waals surface area contributed by atoms with E-state index in [1.807, 2.05) is 12.1 Å². The van der Waals surface area contributed by atoms with Crippen LogP contribution in [0.25, 0.3) is 10.9 Å². The maximum atomic E-state index is 6.25. The van der Waals surface area contributed by atoms with Crippen LogP contribution in [0.3, 0.4) is 0 Å². The van der Waals surface area contributed by atoms with Crippen LogP contribution in [0.2, 0.25) is 0 Å². The number of para-hydroxylation sites is 2. The van der Waals surface area contributed by atoms with Crippen molar-refractivity contribution in [2.75, 3.05) is 5.32 Å². The van der Waals surface area contributed by atoms with Gasteiger partial charge in [0.2, 0.25) is 0 Å². The summed E-state index contributed by atoms with van der Waals surface area (Å²) in [6.45, 7) is 2.08. The van der Waals surface area contributed by atoms with Gasteiger partial charge in [0.1, 0.15) is 5.75 Å². The molecular formula is C22H18N2O. The van der Waals surface area contributed by atoms with Gasteiger partial charge in [0.15, 0.2) is 5.75 Å². The highest BCUT2D eigenvalue weighted by atomic mass is 16.5. The lowest BCUT2D eigenvalue weighted by atomic mass is 9.97. The lowest BCUT2D eigenvalue weighted by Gasteiger charge is -2.18. The molecule has 2 heterocycles. The number of ether oxygens (including phenoxy) is 1. The van der Waals surface area contributed by atoms with E-state index in [0.29, 0.717) is 0 Å². The molecule has 0 radical (unpaired) electrons. The Balaban J connectivity index is 1.74. The Labute approximate surface area is 146 Å². The average molecular weight is 326 g/mol. The van der Waals surface area contributed by atoms with Gasteiger partial charge in [0.25, 0.3) is 0 Å². The second-order valence-electron chi connectivity index (χ2n) is 6.51. The van der Waals surface area contributed by atoms with Crippen molar-refractivity contribution in [1.29, 1.82) is 0 Å². The van der Waals surface area contributed by atoms with E-state index in [1.54, 1.807) is 0 Å². The van der Waals surface area contributed by atoms with Crippen molar-refractivity contribution in [3.8, 4) is 11.5 Å². The summed E-state index contributed by atoms with van der Waals surface area (Å²) in [6, 6.07) is 23.0. The van der Waals surface area contributed by atoms with Gasteiger partial charge in [-0.3, -0.25) is 0 Å². The largest absolute Gasteiger partial charge is 0.455 e. The van der Waals surface area contributed by atoms with E-state index in [2.05, 4.69) is 78.0 Å². The molecule has 25 heavy (non-hydrogen) atoms. The minimum absolute atomic E-state index is 0.0244. The van der Waals surface area contributed by atoms with Crippen molar-refractivity contribution in [2.45, 2.75) is 13.0 Å². The van der Waals surface area contributed by atoms with Crippen LogP contribution in [0.4, 0.5) is 5.69 Å². The molecule has 0 saturated heterocycles. The molecule has 3 nitrogen and oxygen atoms in total. The average Bonchev–Trinajstić information content (AvgIpc) is 2.99. The van der Waals surface area contributed by atoms with E-state index in [4.69, 9.17) is 4.74 Å². The predicted octanol–water partition coefficient (Wildman–Crippen LogP) is 5.78. The molecule has 1 aliphatic rings. The van der Waals surface area contributed by atoms with Crippen molar-refractivity contribution in [3.05, 3.63) is 89.6 Å². The van der Waals surface area contributed by atoms with Crippen LogP contribution in [0.5, 0.6) is 11.5 Å². The van der Waals surface area contributed by atoms with E-state index in [-0.39, 0.29) is 6.04 Å². The van der Waals surface area contributed by atoms with Crippen molar-refractivity contribution in [1.82, 2.24) is 4.98 Å². The molecule has 0 aliphatic carbocycles. The number of hydrogen-bond donors (Lipinski definition) is 2. The van der Waals surface area contributed by atoms with Crippen molar-refractivity contribution >= 4 is 16.6 Å². The van der Waals surface area contributed by atoms with Crippen LogP contribution in [-0.2, 0) is 0 Å². The molecule has 0 bridgehead atoms. The van der Waals surface area contributed by atoms with Crippen LogP contribution in [-0.4, -0.2) is 4.98 Å². The van der Waals surface area contributed by atoms with E-state index < -0.39 is 0 Å². The lowest BCUT2D eigenvalue weighted by molar-refractivity contribution is 0.482. The summed E-state index contributed by atoms with van der Waals surface area (Å²) in [5.74, 6) is 1.77. The fourth-order valence-electron chi connectivity index (χ4n) is 3.57. The second kappa shape index (κ2) is 5.42.